The van der Waals surface area contributed by atoms with Crippen LogP contribution in [0.5, 0.6) is 0 Å². The molecule has 0 unspecified atom stereocenters. The van der Waals surface area contributed by atoms with Crippen molar-refractivity contribution < 1.29 is 8.42 Å². The number of sulfonamides is 1. The third kappa shape index (κ3) is 4.39. The van der Waals surface area contributed by atoms with Crippen LogP contribution in [-0.4, -0.2) is 27.3 Å². The van der Waals surface area contributed by atoms with Crippen molar-refractivity contribution in [2.75, 3.05) is 18.8 Å². The molecule has 0 aliphatic carbocycles. The number of rotatable bonds is 8. The Morgan fingerprint density at radius 2 is 1.75 bits per heavy atom. The predicted octanol–water partition coefficient (Wildman–Crippen LogP) is 2.43. The van der Waals surface area contributed by atoms with Crippen molar-refractivity contribution in [3.8, 4) is 0 Å². The second kappa shape index (κ2) is 7.33. The molecule has 0 radical (unpaired) electrons. The van der Waals surface area contributed by atoms with Crippen molar-refractivity contribution in [3.63, 3.8) is 0 Å². The van der Waals surface area contributed by atoms with Gasteiger partial charge >= 0.3 is 0 Å². The van der Waals surface area contributed by atoms with Gasteiger partial charge in [0, 0.05) is 22.8 Å². The molecule has 0 saturated carbocycles. The summed E-state index contributed by atoms with van der Waals surface area (Å²) in [6, 6.07) is 8.24. The first-order valence-electron chi connectivity index (χ1n) is 6.40. The topological polar surface area (TPSA) is 58.2 Å². The Balaban J connectivity index is 2.00. The minimum atomic E-state index is -3.17. The van der Waals surface area contributed by atoms with Crippen LogP contribution in [-0.2, 0) is 10.0 Å². The van der Waals surface area contributed by atoms with Gasteiger partial charge in [-0.15, -0.1) is 22.7 Å². The molecule has 0 bridgehead atoms. The van der Waals surface area contributed by atoms with E-state index in [2.05, 4.69) is 22.2 Å². The Morgan fingerprint density at radius 3 is 2.20 bits per heavy atom. The molecule has 20 heavy (non-hydrogen) atoms. The zero-order valence-corrected chi connectivity index (χ0v) is 13.7. The van der Waals surface area contributed by atoms with E-state index in [9.17, 15) is 8.42 Å². The lowest BCUT2D eigenvalue weighted by Crippen LogP contribution is -2.33. The van der Waals surface area contributed by atoms with E-state index in [4.69, 9.17) is 0 Å². The summed E-state index contributed by atoms with van der Waals surface area (Å²) in [5.41, 5.74) is 0. The van der Waals surface area contributed by atoms with Crippen molar-refractivity contribution in [1.82, 2.24) is 10.0 Å². The molecule has 0 atom stereocenters. The Kier molecular flexibility index (Phi) is 5.74. The predicted molar refractivity (Wildman–Crippen MR) is 85.9 cm³/mol. The summed E-state index contributed by atoms with van der Waals surface area (Å²) < 4.78 is 25.8. The summed E-state index contributed by atoms with van der Waals surface area (Å²) in [6.45, 7) is 2.64. The van der Waals surface area contributed by atoms with E-state index in [0.717, 1.165) is 0 Å². The summed E-state index contributed by atoms with van der Waals surface area (Å²) >= 11 is 3.35. The zero-order chi connectivity index (χ0) is 14.4. The Labute approximate surface area is 127 Å². The Bertz CT molecular complexity index is 557. The van der Waals surface area contributed by atoms with Crippen LogP contribution < -0.4 is 10.0 Å². The van der Waals surface area contributed by atoms with Gasteiger partial charge in [-0.3, -0.25) is 0 Å². The molecule has 0 aromatic carbocycles. The average Bonchev–Trinajstić information content (AvgIpc) is 3.08. The molecule has 2 aromatic heterocycles. The van der Waals surface area contributed by atoms with Crippen LogP contribution in [0.1, 0.15) is 22.7 Å². The fourth-order valence-corrected chi connectivity index (χ4v) is 4.56. The largest absolute Gasteiger partial charge is 0.304 e. The van der Waals surface area contributed by atoms with Crippen LogP contribution in [0.15, 0.2) is 35.0 Å². The van der Waals surface area contributed by atoms with E-state index in [-0.39, 0.29) is 11.8 Å². The second-order valence-corrected chi connectivity index (χ2v) is 8.12. The highest BCUT2D eigenvalue weighted by atomic mass is 32.2. The van der Waals surface area contributed by atoms with E-state index in [0.29, 0.717) is 13.1 Å². The highest BCUT2D eigenvalue weighted by molar-refractivity contribution is 7.89. The molecule has 0 aliphatic rings. The van der Waals surface area contributed by atoms with Gasteiger partial charge in [-0.05, 0) is 22.9 Å². The van der Waals surface area contributed by atoms with Gasteiger partial charge < -0.3 is 5.32 Å². The molecule has 110 valence electrons. The molecule has 7 heteroatoms. The first-order valence-corrected chi connectivity index (χ1v) is 9.81. The summed E-state index contributed by atoms with van der Waals surface area (Å²) in [5, 5.41) is 7.41. The molecule has 0 amide bonds. The van der Waals surface area contributed by atoms with E-state index in [1.165, 1.54) is 9.75 Å². The van der Waals surface area contributed by atoms with E-state index in [1.807, 2.05) is 22.9 Å². The molecule has 0 saturated heterocycles. The third-order valence-corrected chi connectivity index (χ3v) is 6.08. The summed E-state index contributed by atoms with van der Waals surface area (Å²) in [6.07, 6.45) is 0. The van der Waals surface area contributed by atoms with Gasteiger partial charge in [0.2, 0.25) is 10.0 Å². The average molecular weight is 331 g/mol. The molecular formula is C13H18N2O2S3. The maximum Gasteiger partial charge on any atom is 0.212 e. The van der Waals surface area contributed by atoms with Crippen LogP contribution in [0.3, 0.4) is 0 Å². The zero-order valence-electron chi connectivity index (χ0n) is 11.2. The lowest BCUT2D eigenvalue weighted by Gasteiger charge is -2.16. The number of hydrogen-bond donors (Lipinski definition) is 2. The van der Waals surface area contributed by atoms with Crippen molar-refractivity contribution in [2.45, 2.75) is 13.0 Å². The molecule has 4 nitrogen and oxygen atoms in total. The van der Waals surface area contributed by atoms with Crippen LogP contribution in [0.2, 0.25) is 0 Å². The third-order valence-electron chi connectivity index (χ3n) is 2.74. The molecular weight excluding hydrogens is 312 g/mol. The normalized spacial score (nSPS) is 12.1. The molecule has 0 aliphatic heterocycles. The van der Waals surface area contributed by atoms with Crippen molar-refractivity contribution in [3.05, 3.63) is 44.8 Å². The SMILES string of the molecule is CCNS(=O)(=O)CCNC(c1cccs1)c1cccs1. The van der Waals surface area contributed by atoms with Crippen LogP contribution in [0.25, 0.3) is 0 Å². The van der Waals surface area contributed by atoms with Gasteiger partial charge in [0.1, 0.15) is 0 Å². The lowest BCUT2D eigenvalue weighted by atomic mass is 10.2. The van der Waals surface area contributed by atoms with Crippen LogP contribution in [0.4, 0.5) is 0 Å². The number of nitrogens with one attached hydrogen (secondary N) is 2. The van der Waals surface area contributed by atoms with Gasteiger partial charge in [0.15, 0.2) is 0 Å². The minimum Gasteiger partial charge on any atom is -0.304 e. The number of thiophene rings is 2. The Morgan fingerprint density at radius 1 is 1.15 bits per heavy atom. The molecule has 2 heterocycles. The monoisotopic (exact) mass is 330 g/mol. The van der Waals surface area contributed by atoms with Crippen molar-refractivity contribution in [1.29, 1.82) is 0 Å². The summed E-state index contributed by atoms with van der Waals surface area (Å²) in [4.78, 5) is 2.40. The molecule has 2 rings (SSSR count). The van der Waals surface area contributed by atoms with Crippen LogP contribution >= 0.6 is 22.7 Å². The summed E-state index contributed by atoms with van der Waals surface area (Å²) in [5.74, 6) is 0.0914. The van der Waals surface area contributed by atoms with Gasteiger partial charge in [-0.2, -0.15) is 0 Å². The molecule has 0 fully saturated rings. The van der Waals surface area contributed by atoms with Crippen molar-refractivity contribution in [2.24, 2.45) is 0 Å². The van der Waals surface area contributed by atoms with E-state index in [1.54, 1.807) is 29.6 Å². The fraction of sp³-hybridized carbons (Fsp3) is 0.385. The van der Waals surface area contributed by atoms with Gasteiger partial charge in [-0.25, -0.2) is 13.1 Å². The Hall–Kier alpha value is -0.730. The highest BCUT2D eigenvalue weighted by Crippen LogP contribution is 2.28. The van der Waals surface area contributed by atoms with E-state index >= 15 is 0 Å². The van der Waals surface area contributed by atoms with Gasteiger partial charge in [-0.1, -0.05) is 19.1 Å². The standard InChI is InChI=1S/C13H18N2O2S3/c1-2-15-20(16,17)10-7-14-13(11-5-3-8-18-11)12-6-4-9-19-12/h3-6,8-9,13-15H,2,7,10H2,1H3. The first kappa shape index (κ1) is 15.7. The highest BCUT2D eigenvalue weighted by Gasteiger charge is 2.17. The quantitative estimate of drug-likeness (QED) is 0.781. The minimum absolute atomic E-state index is 0.0758. The maximum atomic E-state index is 11.6. The van der Waals surface area contributed by atoms with Gasteiger partial charge in [0.25, 0.3) is 0 Å². The fourth-order valence-electron chi connectivity index (χ4n) is 1.88. The maximum absolute atomic E-state index is 11.6. The van der Waals surface area contributed by atoms with Gasteiger partial charge in [0.05, 0.1) is 11.8 Å². The van der Waals surface area contributed by atoms with Crippen LogP contribution in [0, 0.1) is 0 Å². The van der Waals surface area contributed by atoms with Crippen molar-refractivity contribution >= 4 is 32.7 Å². The smallest absolute Gasteiger partial charge is 0.212 e. The second-order valence-electron chi connectivity index (χ2n) is 4.23. The first-order chi connectivity index (χ1) is 9.62. The van der Waals surface area contributed by atoms with E-state index < -0.39 is 10.0 Å². The lowest BCUT2D eigenvalue weighted by molar-refractivity contribution is 0.574. The molecule has 2 N–H and O–H groups in total. The molecule has 0 spiro atoms. The summed E-state index contributed by atoms with van der Waals surface area (Å²) in [7, 11) is -3.17. The molecule has 2 aromatic rings. The number of hydrogen-bond acceptors (Lipinski definition) is 5.